The molecule has 1 fully saturated rings. The monoisotopic (exact) mass is 215 g/mol. The van der Waals surface area contributed by atoms with E-state index in [4.69, 9.17) is 4.79 Å². The second-order valence-corrected chi connectivity index (χ2v) is 2.13. The van der Waals surface area contributed by atoms with Crippen molar-refractivity contribution in [3.05, 3.63) is 6.42 Å². The minimum atomic E-state index is 0. The van der Waals surface area contributed by atoms with Crippen LogP contribution < -0.4 is 0 Å². The summed E-state index contributed by atoms with van der Waals surface area (Å²) in [4.78, 5) is 8.68. The van der Waals surface area contributed by atoms with Crippen LogP contribution in [0, 0.1) is 6.42 Å². The molecule has 0 unspecified atom stereocenters. The van der Waals surface area contributed by atoms with Crippen LogP contribution in [-0.4, -0.2) is 6.29 Å². The molecule has 1 saturated carbocycles. The standard InChI is InChI=1S/C6H11.C2H3O.Y/c1-2-4-6-5-3-1;1-2-3;/h1H,2-6H2;1H3;/q2*-1;. The molecule has 0 aliphatic heterocycles. The molecule has 0 aromatic carbocycles. The van der Waals surface area contributed by atoms with E-state index < -0.39 is 0 Å². The summed E-state index contributed by atoms with van der Waals surface area (Å²) < 4.78 is 0. The molecule has 1 radical (unpaired) electrons. The number of rotatable bonds is 0. The smallest absolute Gasteiger partial charge is 0 e. The molecule has 0 atom stereocenters. The molecule has 1 aliphatic carbocycles. The first-order valence-corrected chi connectivity index (χ1v) is 3.52. The molecule has 57 valence electrons. The van der Waals surface area contributed by atoms with Gasteiger partial charge in [-0.25, -0.2) is 0 Å². The van der Waals surface area contributed by atoms with E-state index >= 15 is 0 Å². The van der Waals surface area contributed by atoms with Gasteiger partial charge in [-0.15, -0.1) is 0 Å². The van der Waals surface area contributed by atoms with Crippen LogP contribution in [0.25, 0.3) is 0 Å². The fourth-order valence-electron chi connectivity index (χ4n) is 0.898. The Morgan fingerprint density at radius 3 is 1.70 bits per heavy atom. The van der Waals surface area contributed by atoms with Crippen molar-refractivity contribution in [1.29, 1.82) is 0 Å². The number of hydrogen-bond donors (Lipinski definition) is 0. The summed E-state index contributed by atoms with van der Waals surface area (Å²) in [5, 5.41) is 0. The Labute approximate surface area is 88.8 Å². The normalized spacial score (nSPS) is 15.7. The quantitative estimate of drug-likeness (QED) is 0.566. The summed E-state index contributed by atoms with van der Waals surface area (Å²) in [7, 11) is 0. The van der Waals surface area contributed by atoms with Crippen LogP contribution in [0.2, 0.25) is 0 Å². The number of hydrogen-bond acceptors (Lipinski definition) is 1. The van der Waals surface area contributed by atoms with Crippen LogP contribution in [0.4, 0.5) is 0 Å². The Morgan fingerprint density at radius 2 is 1.60 bits per heavy atom. The Bertz CT molecular complexity index is 48.8. The first-order valence-electron chi connectivity index (χ1n) is 3.52. The van der Waals surface area contributed by atoms with Gasteiger partial charge >= 0.3 is 0 Å². The van der Waals surface area contributed by atoms with E-state index in [1.807, 2.05) is 0 Å². The van der Waals surface area contributed by atoms with Crippen molar-refractivity contribution in [3.8, 4) is 0 Å². The van der Waals surface area contributed by atoms with Crippen molar-refractivity contribution < 1.29 is 37.5 Å². The van der Waals surface area contributed by atoms with Gasteiger partial charge in [0, 0.05) is 32.7 Å². The van der Waals surface area contributed by atoms with E-state index in [1.165, 1.54) is 45.3 Å². The Kier molecular flexibility index (Phi) is 16.6. The van der Waals surface area contributed by atoms with Crippen LogP contribution in [0.15, 0.2) is 0 Å². The van der Waals surface area contributed by atoms with Crippen LogP contribution in [0.1, 0.15) is 39.0 Å². The third kappa shape index (κ3) is 11.6. The minimum Gasteiger partial charge on any atom is -0.542 e. The fraction of sp³-hybridized carbons (Fsp3) is 0.750. The molecule has 0 saturated heterocycles. The molecule has 0 N–H and O–H groups in total. The second-order valence-electron chi connectivity index (χ2n) is 2.13. The molecule has 0 bridgehead atoms. The van der Waals surface area contributed by atoms with Gasteiger partial charge in [-0.3, -0.25) is 6.29 Å². The minimum absolute atomic E-state index is 0. The van der Waals surface area contributed by atoms with E-state index in [9.17, 15) is 0 Å². The van der Waals surface area contributed by atoms with Gasteiger partial charge in [-0.05, 0) is 0 Å². The maximum absolute atomic E-state index is 8.68. The zero-order chi connectivity index (χ0) is 6.95. The van der Waals surface area contributed by atoms with Crippen molar-refractivity contribution in [1.82, 2.24) is 0 Å². The van der Waals surface area contributed by atoms with Crippen LogP contribution in [0.5, 0.6) is 0 Å². The summed E-state index contributed by atoms with van der Waals surface area (Å²) in [6.07, 6.45) is 11.0. The van der Waals surface area contributed by atoms with Gasteiger partial charge in [-0.2, -0.15) is 19.8 Å². The zero-order valence-electron chi connectivity index (χ0n) is 6.60. The molecule has 1 aliphatic rings. The molecule has 0 aromatic heterocycles. The van der Waals surface area contributed by atoms with Crippen LogP contribution in [0.3, 0.4) is 0 Å². The van der Waals surface area contributed by atoms with Gasteiger partial charge in [0.25, 0.3) is 0 Å². The van der Waals surface area contributed by atoms with Crippen molar-refractivity contribution in [2.45, 2.75) is 39.0 Å². The molecule has 0 spiro atoms. The average Bonchev–Trinajstić information content (AvgIpc) is 1.93. The second kappa shape index (κ2) is 12.5. The van der Waals surface area contributed by atoms with E-state index in [0.717, 1.165) is 0 Å². The average molecular weight is 215 g/mol. The summed E-state index contributed by atoms with van der Waals surface area (Å²) in [5.74, 6) is 0. The van der Waals surface area contributed by atoms with Crippen molar-refractivity contribution >= 4 is 6.29 Å². The van der Waals surface area contributed by atoms with Gasteiger partial charge in [0.15, 0.2) is 0 Å². The number of carbonyl (C=O) groups excluding carboxylic acids is 1. The Balaban J connectivity index is 0. The Morgan fingerprint density at radius 1 is 1.20 bits per heavy atom. The molecule has 0 aromatic rings. The van der Waals surface area contributed by atoms with Crippen LogP contribution >= 0.6 is 0 Å². The van der Waals surface area contributed by atoms with Gasteiger partial charge in [0.1, 0.15) is 0 Å². The van der Waals surface area contributed by atoms with E-state index in [2.05, 4.69) is 6.42 Å². The Hall–Kier alpha value is 0.774. The van der Waals surface area contributed by atoms with Gasteiger partial charge in [0.05, 0.1) is 0 Å². The predicted molar refractivity (Wildman–Crippen MR) is 38.8 cm³/mol. The topological polar surface area (TPSA) is 17.1 Å². The zero-order valence-corrected chi connectivity index (χ0v) is 9.44. The van der Waals surface area contributed by atoms with Crippen molar-refractivity contribution in [2.75, 3.05) is 0 Å². The molecule has 10 heavy (non-hydrogen) atoms. The largest absolute Gasteiger partial charge is 0.542 e. The molecular weight excluding hydrogens is 201 g/mol. The molecule has 1 nitrogen and oxygen atoms in total. The van der Waals surface area contributed by atoms with Crippen LogP contribution in [-0.2, 0) is 37.5 Å². The SMILES string of the molecule is C[C-]=O.[CH-]1CCCCC1.[Y]. The van der Waals surface area contributed by atoms with Crippen molar-refractivity contribution in [3.63, 3.8) is 0 Å². The molecule has 0 heterocycles. The summed E-state index contributed by atoms with van der Waals surface area (Å²) in [5.41, 5.74) is 0. The summed E-state index contributed by atoms with van der Waals surface area (Å²) >= 11 is 0. The van der Waals surface area contributed by atoms with E-state index in [-0.39, 0.29) is 32.7 Å². The summed E-state index contributed by atoms with van der Waals surface area (Å²) in [6, 6.07) is 0. The van der Waals surface area contributed by atoms with Gasteiger partial charge in [-0.1, -0.05) is 19.3 Å². The van der Waals surface area contributed by atoms with E-state index in [0.29, 0.717) is 0 Å². The fourth-order valence-corrected chi connectivity index (χ4v) is 0.898. The first-order chi connectivity index (χ1) is 4.41. The van der Waals surface area contributed by atoms with Gasteiger partial charge < -0.3 is 11.2 Å². The maximum atomic E-state index is 8.68. The maximum Gasteiger partial charge on any atom is 0 e. The van der Waals surface area contributed by atoms with Crippen molar-refractivity contribution in [2.24, 2.45) is 0 Å². The van der Waals surface area contributed by atoms with E-state index in [1.54, 1.807) is 0 Å². The third-order valence-electron chi connectivity index (χ3n) is 1.32. The molecule has 2 heteroatoms. The molecule has 1 rings (SSSR count). The molecule has 0 amide bonds. The predicted octanol–water partition coefficient (Wildman–Crippen LogP) is 2.27. The van der Waals surface area contributed by atoms with Gasteiger partial charge in [0.2, 0.25) is 0 Å². The first kappa shape index (κ1) is 13.4. The third-order valence-corrected chi connectivity index (χ3v) is 1.32. The molecular formula is C8H14OY-2. The summed E-state index contributed by atoms with van der Waals surface area (Å²) in [6.45, 7) is 1.32.